The molecule has 1 amide bonds. The number of carbonyl (C=O) groups excluding carboxylic acids is 2. The molecule has 2 aromatic carbocycles. The van der Waals surface area contributed by atoms with Crippen LogP contribution in [0.2, 0.25) is 0 Å². The number of carbonyl (C=O) groups is 2. The maximum absolute atomic E-state index is 13.6. The Morgan fingerprint density at radius 2 is 1.85 bits per heavy atom. The summed E-state index contributed by atoms with van der Waals surface area (Å²) in [5.41, 5.74) is 3.79. The van der Waals surface area contributed by atoms with Crippen molar-refractivity contribution in [3.8, 4) is 0 Å². The third-order valence-electron chi connectivity index (χ3n) is 6.79. The Hall–Kier alpha value is -4.90. The third kappa shape index (κ3) is 3.77. The first-order valence-electron chi connectivity index (χ1n) is 12.0. The molecular formula is C28H21N5O5S. The molecule has 4 heterocycles. The van der Waals surface area contributed by atoms with Crippen LogP contribution in [0.25, 0.3) is 21.6 Å². The third-order valence-corrected chi connectivity index (χ3v) is 7.80. The van der Waals surface area contributed by atoms with Crippen molar-refractivity contribution in [3.63, 3.8) is 0 Å². The smallest absolute Gasteiger partial charge is 0.301 e. The molecule has 10 nitrogen and oxygen atoms in total. The van der Waals surface area contributed by atoms with E-state index in [9.17, 15) is 24.8 Å². The van der Waals surface area contributed by atoms with E-state index in [0.717, 1.165) is 15.8 Å². The molecule has 1 N–H and O–H groups in total. The number of benzene rings is 2. The summed E-state index contributed by atoms with van der Waals surface area (Å²) in [4.78, 5) is 48.7. The predicted octanol–water partition coefficient (Wildman–Crippen LogP) is 5.40. The minimum atomic E-state index is -1.15. The number of anilines is 1. The molecular weight excluding hydrogens is 518 g/mol. The number of Topliss-reactive ketones (excluding diaryl/α,β-unsaturated/α-hetero) is 1. The molecule has 0 radical (unpaired) electrons. The molecule has 5 aromatic rings. The van der Waals surface area contributed by atoms with Crippen molar-refractivity contribution in [2.75, 3.05) is 4.90 Å². The van der Waals surface area contributed by atoms with Gasteiger partial charge in [-0.1, -0.05) is 35.6 Å². The van der Waals surface area contributed by atoms with E-state index in [0.29, 0.717) is 22.4 Å². The Labute approximate surface area is 225 Å². The highest BCUT2D eigenvalue weighted by Crippen LogP contribution is 2.45. The van der Waals surface area contributed by atoms with Crippen molar-refractivity contribution in [3.05, 3.63) is 105 Å². The number of rotatable bonds is 4. The maximum Gasteiger partial charge on any atom is 0.301 e. The Balaban J connectivity index is 1.64. The lowest BCUT2D eigenvalue weighted by Gasteiger charge is -2.22. The molecule has 1 unspecified atom stereocenters. The number of hydrogen-bond donors (Lipinski definition) is 1. The minimum absolute atomic E-state index is 0.193. The van der Waals surface area contributed by atoms with Crippen LogP contribution in [0.4, 0.5) is 10.8 Å². The van der Waals surface area contributed by atoms with Crippen molar-refractivity contribution in [2.24, 2.45) is 0 Å². The van der Waals surface area contributed by atoms with E-state index < -0.39 is 28.4 Å². The molecule has 1 saturated heterocycles. The molecule has 0 aliphatic carbocycles. The average molecular weight is 540 g/mol. The predicted molar refractivity (Wildman–Crippen MR) is 147 cm³/mol. The molecule has 194 valence electrons. The number of pyridine rings is 1. The van der Waals surface area contributed by atoms with Crippen LogP contribution in [-0.2, 0) is 9.59 Å². The van der Waals surface area contributed by atoms with Crippen LogP contribution in [-0.4, -0.2) is 36.1 Å². The zero-order valence-corrected chi connectivity index (χ0v) is 21.9. The fourth-order valence-corrected chi connectivity index (χ4v) is 6.31. The van der Waals surface area contributed by atoms with E-state index in [-0.39, 0.29) is 22.1 Å². The summed E-state index contributed by atoms with van der Waals surface area (Å²) in [5, 5.41) is 23.5. The largest absolute Gasteiger partial charge is 0.505 e. The summed E-state index contributed by atoms with van der Waals surface area (Å²) in [6.07, 6.45) is 1.70. The van der Waals surface area contributed by atoms with Gasteiger partial charge in [-0.2, -0.15) is 0 Å². The van der Waals surface area contributed by atoms with E-state index in [1.54, 1.807) is 41.8 Å². The van der Waals surface area contributed by atoms with E-state index >= 15 is 0 Å². The Bertz CT molecular complexity index is 1900. The van der Waals surface area contributed by atoms with Gasteiger partial charge in [-0.15, -0.1) is 0 Å². The van der Waals surface area contributed by atoms with Crippen molar-refractivity contribution >= 4 is 55.5 Å². The first kappa shape index (κ1) is 24.4. The van der Waals surface area contributed by atoms with Crippen molar-refractivity contribution in [2.45, 2.75) is 26.8 Å². The fraction of sp³-hybridized carbons (Fsp3) is 0.143. The molecule has 1 fully saturated rings. The van der Waals surface area contributed by atoms with Crippen LogP contribution in [0.5, 0.6) is 0 Å². The van der Waals surface area contributed by atoms with Crippen molar-refractivity contribution < 1.29 is 19.6 Å². The lowest BCUT2D eigenvalue weighted by atomic mass is 9.96. The topological polar surface area (TPSA) is 131 Å². The number of nitrogens with zero attached hydrogens (tertiary/aromatic N) is 5. The average Bonchev–Trinajstić information content (AvgIpc) is 3.55. The highest BCUT2D eigenvalue weighted by atomic mass is 32.1. The molecule has 39 heavy (non-hydrogen) atoms. The number of fused-ring (bicyclic) bond motifs is 2. The highest BCUT2D eigenvalue weighted by molar-refractivity contribution is 7.22. The van der Waals surface area contributed by atoms with Crippen LogP contribution in [0, 0.1) is 30.9 Å². The fourth-order valence-electron chi connectivity index (χ4n) is 5.14. The van der Waals surface area contributed by atoms with Gasteiger partial charge in [-0.25, -0.2) is 9.97 Å². The molecule has 1 atom stereocenters. The van der Waals surface area contributed by atoms with Gasteiger partial charge >= 0.3 is 5.91 Å². The first-order chi connectivity index (χ1) is 18.7. The van der Waals surface area contributed by atoms with Crippen LogP contribution >= 0.6 is 11.3 Å². The Kier molecular flexibility index (Phi) is 5.54. The van der Waals surface area contributed by atoms with Crippen LogP contribution in [0.15, 0.2) is 66.4 Å². The summed E-state index contributed by atoms with van der Waals surface area (Å²) in [7, 11) is 0. The Morgan fingerprint density at radius 1 is 1.05 bits per heavy atom. The number of aliphatic hydroxyl groups is 1. The summed E-state index contributed by atoms with van der Waals surface area (Å²) in [5.74, 6) is -2.22. The van der Waals surface area contributed by atoms with E-state index in [1.165, 1.54) is 34.4 Å². The number of non-ortho nitro benzene ring substituents is 1. The van der Waals surface area contributed by atoms with Gasteiger partial charge in [0, 0.05) is 18.3 Å². The molecule has 3 aromatic heterocycles. The lowest BCUT2D eigenvalue weighted by Crippen LogP contribution is -2.29. The zero-order valence-electron chi connectivity index (χ0n) is 21.1. The number of amides is 1. The monoisotopic (exact) mass is 539 g/mol. The number of aryl methyl sites for hydroxylation is 3. The second kappa shape index (κ2) is 8.84. The zero-order chi connectivity index (χ0) is 27.6. The van der Waals surface area contributed by atoms with Gasteiger partial charge < -0.3 is 5.11 Å². The quantitative estimate of drug-likeness (QED) is 0.106. The van der Waals surface area contributed by atoms with Gasteiger partial charge in [0.1, 0.15) is 11.3 Å². The SMILES string of the molecule is Cc1cc(C)c2nc(N3C(=O)C(=O)C(=C(O)c4c(C)nc5ccccn45)C3c3cccc([N+](=O)[O-])c3)sc2c1. The Morgan fingerprint density at radius 3 is 2.62 bits per heavy atom. The van der Waals surface area contributed by atoms with Crippen LogP contribution in [0.3, 0.4) is 0 Å². The molecule has 11 heteroatoms. The number of nitro groups is 1. The standard InChI is InChI=1S/C28H21N5O5S/c1-14-11-15(2)22-19(12-14)39-28(30-22)32-24(17-7-6-8-18(13-17)33(37)38)21(26(35)27(32)36)25(34)23-16(3)29-20-9-4-5-10-31(20)23/h4-13,24,34H,1-3H3. The number of aliphatic hydroxyl groups excluding tert-OH is 1. The van der Waals surface area contributed by atoms with Crippen molar-refractivity contribution in [1.82, 2.24) is 14.4 Å². The number of imidazole rings is 1. The van der Waals surface area contributed by atoms with E-state index in [4.69, 9.17) is 4.98 Å². The van der Waals surface area contributed by atoms with Gasteiger partial charge in [0.2, 0.25) is 0 Å². The second-order valence-corrected chi connectivity index (χ2v) is 10.4. The highest BCUT2D eigenvalue weighted by Gasteiger charge is 2.49. The van der Waals surface area contributed by atoms with Crippen molar-refractivity contribution in [1.29, 1.82) is 0 Å². The van der Waals surface area contributed by atoms with Gasteiger partial charge in [0.15, 0.2) is 10.9 Å². The number of ketones is 1. The molecule has 0 saturated carbocycles. The van der Waals surface area contributed by atoms with Crippen LogP contribution in [0.1, 0.15) is 34.1 Å². The van der Waals surface area contributed by atoms with Gasteiger partial charge in [0.05, 0.1) is 32.4 Å². The number of nitro benzene ring substituents is 1. The summed E-state index contributed by atoms with van der Waals surface area (Å²) in [6, 6.07) is 13.8. The molecule has 1 aliphatic heterocycles. The summed E-state index contributed by atoms with van der Waals surface area (Å²) >= 11 is 1.24. The number of thiazole rings is 1. The first-order valence-corrected chi connectivity index (χ1v) is 12.8. The molecule has 0 spiro atoms. The van der Waals surface area contributed by atoms with E-state index in [2.05, 4.69) is 4.98 Å². The normalized spacial score (nSPS) is 17.0. The molecule has 0 bridgehead atoms. The van der Waals surface area contributed by atoms with Crippen LogP contribution < -0.4 is 4.90 Å². The van der Waals surface area contributed by atoms with E-state index in [1.807, 2.05) is 26.0 Å². The lowest BCUT2D eigenvalue weighted by molar-refractivity contribution is -0.384. The van der Waals surface area contributed by atoms with Gasteiger partial charge in [-0.3, -0.25) is 29.0 Å². The number of hydrogen-bond acceptors (Lipinski definition) is 8. The van der Waals surface area contributed by atoms with Gasteiger partial charge in [-0.05, 0) is 55.7 Å². The molecule has 1 aliphatic rings. The summed E-state index contributed by atoms with van der Waals surface area (Å²) < 4.78 is 2.46. The minimum Gasteiger partial charge on any atom is -0.505 e. The maximum atomic E-state index is 13.6. The summed E-state index contributed by atoms with van der Waals surface area (Å²) in [6.45, 7) is 5.57. The second-order valence-electron chi connectivity index (χ2n) is 9.42. The number of aromatic nitrogens is 3. The van der Waals surface area contributed by atoms with Gasteiger partial charge in [0.25, 0.3) is 11.5 Å². The molecule has 6 rings (SSSR count).